The summed E-state index contributed by atoms with van der Waals surface area (Å²) in [7, 11) is 0. The van der Waals surface area contributed by atoms with Gasteiger partial charge < -0.3 is 19.8 Å². The largest absolute Gasteiger partial charge is 0.364 e. The lowest BCUT2D eigenvalue weighted by molar-refractivity contribution is -0.162. The molecule has 0 aromatic carbocycles. The smallest absolute Gasteiger partial charge is 0.226 e. The van der Waals surface area contributed by atoms with Crippen molar-refractivity contribution in [3.8, 4) is 0 Å². The SMILES string of the molecule is OC(O)c1ccnc(/C(CBr)=N/OC2CCCCO2)c1. The molecule has 20 heavy (non-hydrogen) atoms. The molecule has 1 aromatic heterocycles. The molecule has 1 saturated heterocycles. The summed E-state index contributed by atoms with van der Waals surface area (Å²) in [5.41, 5.74) is 1.46. The van der Waals surface area contributed by atoms with Crippen molar-refractivity contribution in [2.24, 2.45) is 5.16 Å². The molecule has 1 aliphatic heterocycles. The molecular formula is C13H17BrN2O4. The van der Waals surface area contributed by atoms with Gasteiger partial charge >= 0.3 is 0 Å². The van der Waals surface area contributed by atoms with Gasteiger partial charge in [0.2, 0.25) is 6.29 Å². The zero-order chi connectivity index (χ0) is 14.4. The van der Waals surface area contributed by atoms with Gasteiger partial charge in [0, 0.05) is 18.2 Å². The van der Waals surface area contributed by atoms with Crippen molar-refractivity contribution in [2.75, 3.05) is 11.9 Å². The highest BCUT2D eigenvalue weighted by Gasteiger charge is 2.16. The molecule has 1 unspecified atom stereocenters. The van der Waals surface area contributed by atoms with E-state index in [1.165, 1.54) is 12.3 Å². The summed E-state index contributed by atoms with van der Waals surface area (Å²) >= 11 is 3.32. The number of halogens is 1. The number of aliphatic hydroxyl groups is 2. The molecule has 0 bridgehead atoms. The lowest BCUT2D eigenvalue weighted by atomic mass is 10.2. The van der Waals surface area contributed by atoms with Crippen LogP contribution in [0.4, 0.5) is 0 Å². The van der Waals surface area contributed by atoms with Crippen LogP contribution < -0.4 is 0 Å². The van der Waals surface area contributed by atoms with E-state index in [9.17, 15) is 0 Å². The van der Waals surface area contributed by atoms with Crippen LogP contribution in [0.15, 0.2) is 23.5 Å². The Morgan fingerprint density at radius 3 is 3.05 bits per heavy atom. The quantitative estimate of drug-likeness (QED) is 0.367. The average Bonchev–Trinajstić information content (AvgIpc) is 2.49. The summed E-state index contributed by atoms with van der Waals surface area (Å²) in [6, 6.07) is 3.10. The number of alkyl halides is 1. The van der Waals surface area contributed by atoms with Gasteiger partial charge in [0.05, 0.1) is 17.6 Å². The van der Waals surface area contributed by atoms with Gasteiger partial charge in [-0.25, -0.2) is 0 Å². The maximum atomic E-state index is 9.16. The molecule has 1 aliphatic rings. The van der Waals surface area contributed by atoms with Crippen LogP contribution in [-0.2, 0) is 9.57 Å². The molecule has 2 rings (SSSR count). The second-order valence-electron chi connectivity index (χ2n) is 4.42. The maximum Gasteiger partial charge on any atom is 0.226 e. The lowest BCUT2D eigenvalue weighted by Gasteiger charge is -2.20. The Labute approximate surface area is 125 Å². The van der Waals surface area contributed by atoms with Crippen LogP contribution in [0, 0.1) is 0 Å². The van der Waals surface area contributed by atoms with Crippen LogP contribution in [0.25, 0.3) is 0 Å². The van der Waals surface area contributed by atoms with Gasteiger partial charge in [0.25, 0.3) is 0 Å². The van der Waals surface area contributed by atoms with E-state index in [1.807, 2.05) is 0 Å². The Bertz CT molecular complexity index is 461. The molecule has 1 aromatic rings. The van der Waals surface area contributed by atoms with Gasteiger partial charge in [-0.1, -0.05) is 21.1 Å². The summed E-state index contributed by atoms with van der Waals surface area (Å²) in [6.45, 7) is 0.689. The first-order valence-electron chi connectivity index (χ1n) is 6.43. The molecule has 110 valence electrons. The molecule has 7 heteroatoms. The Morgan fingerprint density at radius 1 is 1.55 bits per heavy atom. The normalized spacial score (nSPS) is 20.2. The highest BCUT2D eigenvalue weighted by Crippen LogP contribution is 2.15. The maximum absolute atomic E-state index is 9.16. The number of hydrogen-bond acceptors (Lipinski definition) is 6. The van der Waals surface area contributed by atoms with Crippen molar-refractivity contribution < 1.29 is 19.8 Å². The van der Waals surface area contributed by atoms with Crippen LogP contribution >= 0.6 is 15.9 Å². The number of pyridine rings is 1. The topological polar surface area (TPSA) is 84.2 Å². The summed E-state index contributed by atoms with van der Waals surface area (Å²) in [4.78, 5) is 9.51. The van der Waals surface area contributed by atoms with E-state index in [0.717, 1.165) is 19.3 Å². The van der Waals surface area contributed by atoms with E-state index in [1.54, 1.807) is 6.07 Å². The molecule has 0 saturated carbocycles. The summed E-state index contributed by atoms with van der Waals surface area (Å²) in [5, 5.41) is 22.8. The van der Waals surface area contributed by atoms with E-state index >= 15 is 0 Å². The molecule has 1 fully saturated rings. The van der Waals surface area contributed by atoms with Gasteiger partial charge in [0.1, 0.15) is 5.71 Å². The van der Waals surface area contributed by atoms with Crippen molar-refractivity contribution in [2.45, 2.75) is 31.8 Å². The van der Waals surface area contributed by atoms with Gasteiger partial charge in [-0.2, -0.15) is 0 Å². The molecule has 2 N–H and O–H groups in total. The minimum atomic E-state index is -1.53. The monoisotopic (exact) mass is 344 g/mol. The number of aliphatic hydroxyl groups excluding tert-OH is 1. The first-order valence-corrected chi connectivity index (χ1v) is 7.55. The number of oxime groups is 1. The third kappa shape index (κ3) is 4.24. The predicted octanol–water partition coefficient (Wildman–Crippen LogP) is 1.71. The van der Waals surface area contributed by atoms with E-state index in [2.05, 4.69) is 26.1 Å². The van der Waals surface area contributed by atoms with Crippen LogP contribution in [0.5, 0.6) is 0 Å². The highest BCUT2D eigenvalue weighted by molar-refractivity contribution is 9.09. The van der Waals surface area contributed by atoms with Crippen molar-refractivity contribution >= 4 is 21.6 Å². The van der Waals surface area contributed by atoms with Gasteiger partial charge in [0.15, 0.2) is 6.29 Å². The Hall–Kier alpha value is -1.02. The van der Waals surface area contributed by atoms with E-state index in [4.69, 9.17) is 19.8 Å². The Kier molecular flexibility index (Phi) is 5.90. The number of aromatic nitrogens is 1. The molecule has 0 radical (unpaired) electrons. The zero-order valence-electron chi connectivity index (χ0n) is 10.9. The molecule has 6 nitrogen and oxygen atoms in total. The van der Waals surface area contributed by atoms with E-state index in [0.29, 0.717) is 28.9 Å². The number of nitrogens with zero attached hydrogens (tertiary/aromatic N) is 2. The Morgan fingerprint density at radius 2 is 2.40 bits per heavy atom. The molecular weight excluding hydrogens is 328 g/mol. The molecule has 2 heterocycles. The standard InChI is InChI=1S/C13H17BrN2O4/c14-8-11(16-20-12-3-1-2-6-19-12)10-7-9(13(17)18)4-5-15-10/h4-5,7,12-13,17-18H,1-3,6,8H2/b16-11+. The lowest BCUT2D eigenvalue weighted by Crippen LogP contribution is -2.21. The van der Waals surface area contributed by atoms with Gasteiger partial charge in [-0.05, 0) is 25.0 Å². The number of ether oxygens (including phenoxy) is 1. The summed E-state index contributed by atoms with van der Waals surface area (Å²) in [5.74, 6) is 0. The molecule has 0 spiro atoms. The molecule has 0 amide bonds. The minimum Gasteiger partial charge on any atom is -0.364 e. The third-order valence-electron chi connectivity index (χ3n) is 2.92. The fraction of sp³-hybridized carbons (Fsp3) is 0.538. The fourth-order valence-corrected chi connectivity index (χ4v) is 2.21. The van der Waals surface area contributed by atoms with E-state index < -0.39 is 6.29 Å². The average molecular weight is 345 g/mol. The Balaban J connectivity index is 2.08. The van der Waals surface area contributed by atoms with E-state index in [-0.39, 0.29) is 6.29 Å². The number of rotatable bonds is 5. The van der Waals surface area contributed by atoms with Crippen molar-refractivity contribution in [1.29, 1.82) is 0 Å². The summed E-state index contributed by atoms with van der Waals surface area (Å²) < 4.78 is 5.43. The first-order chi connectivity index (χ1) is 9.70. The fourth-order valence-electron chi connectivity index (χ4n) is 1.82. The number of hydrogen-bond donors (Lipinski definition) is 2. The van der Waals surface area contributed by atoms with Gasteiger partial charge in [-0.3, -0.25) is 4.98 Å². The molecule has 1 atom stereocenters. The van der Waals surface area contributed by atoms with Crippen molar-refractivity contribution in [3.63, 3.8) is 0 Å². The second-order valence-corrected chi connectivity index (χ2v) is 4.98. The highest BCUT2D eigenvalue weighted by atomic mass is 79.9. The third-order valence-corrected chi connectivity index (χ3v) is 3.45. The minimum absolute atomic E-state index is 0.315. The predicted molar refractivity (Wildman–Crippen MR) is 76.4 cm³/mol. The molecule has 0 aliphatic carbocycles. The van der Waals surface area contributed by atoms with Gasteiger partial charge in [-0.15, -0.1) is 0 Å². The van der Waals surface area contributed by atoms with Crippen molar-refractivity contribution in [3.05, 3.63) is 29.6 Å². The van der Waals surface area contributed by atoms with Crippen LogP contribution in [0.3, 0.4) is 0 Å². The van der Waals surface area contributed by atoms with Crippen LogP contribution in [0.2, 0.25) is 0 Å². The second kappa shape index (κ2) is 7.68. The summed E-state index contributed by atoms with van der Waals surface area (Å²) in [6.07, 6.45) is 2.59. The van der Waals surface area contributed by atoms with Crippen LogP contribution in [0.1, 0.15) is 36.8 Å². The first kappa shape index (κ1) is 15.4. The van der Waals surface area contributed by atoms with Crippen LogP contribution in [-0.4, -0.2) is 39.1 Å². The zero-order valence-corrected chi connectivity index (χ0v) is 12.5. The van der Waals surface area contributed by atoms with Crippen molar-refractivity contribution in [1.82, 2.24) is 4.98 Å².